The number of allylic oxidation sites excluding steroid dienone is 12. The molecule has 0 saturated heterocycles. The van der Waals surface area contributed by atoms with Crippen molar-refractivity contribution < 1.29 is 80.2 Å². The molecule has 5 atom stereocenters. The van der Waals surface area contributed by atoms with Gasteiger partial charge in [-0.25, -0.2) is 9.13 Å². The summed E-state index contributed by atoms with van der Waals surface area (Å²) in [6.45, 7) is 4.75. The van der Waals surface area contributed by atoms with Crippen molar-refractivity contribution in [1.82, 2.24) is 0 Å². The van der Waals surface area contributed by atoms with Gasteiger partial charge < -0.3 is 33.8 Å². The number of unbranched alkanes of at least 4 members (excludes halogenated alkanes) is 36. The molecule has 0 aromatic heterocycles. The SMILES string of the molecule is CC/C=C\C/C=C\C/C=C\C/C=C\C/C=C\CCCCCC(=O)OCC(COP(=O)(O)OCC(O)COP(=O)(O)OCC(COC(=O)CCCCCCCCCCCCCCCCC)OC(=O)CCCCCCC/C=C\CCCCCC)OC(=O)CCCCCCCCCCCCC. The van der Waals surface area contributed by atoms with Gasteiger partial charge in [-0.05, 0) is 96.3 Å². The molecular weight excluding hydrogens is 1280 g/mol. The second kappa shape index (κ2) is 71.9. The molecule has 0 saturated carbocycles. The normalized spacial score (nSPS) is 14.3. The number of hydrogen-bond acceptors (Lipinski definition) is 15. The molecule has 5 unspecified atom stereocenters. The van der Waals surface area contributed by atoms with Crippen LogP contribution in [0.15, 0.2) is 72.9 Å². The number of rotatable bonds is 74. The van der Waals surface area contributed by atoms with Gasteiger partial charge in [-0.1, -0.05) is 300 Å². The van der Waals surface area contributed by atoms with Gasteiger partial charge in [-0.3, -0.25) is 37.3 Å². The topological polar surface area (TPSA) is 237 Å². The van der Waals surface area contributed by atoms with Crippen LogP contribution >= 0.6 is 15.6 Å². The summed E-state index contributed by atoms with van der Waals surface area (Å²) in [7, 11) is -9.94. The maximum atomic E-state index is 13.1. The van der Waals surface area contributed by atoms with E-state index in [0.717, 1.165) is 135 Å². The van der Waals surface area contributed by atoms with Crippen molar-refractivity contribution in [2.75, 3.05) is 39.6 Å². The third-order valence-corrected chi connectivity index (χ3v) is 18.6. The highest BCUT2D eigenvalue weighted by Crippen LogP contribution is 2.45. The van der Waals surface area contributed by atoms with E-state index in [4.69, 9.17) is 37.0 Å². The zero-order valence-corrected chi connectivity index (χ0v) is 64.0. The second-order valence-electron chi connectivity index (χ2n) is 26.3. The minimum atomic E-state index is -4.97. The van der Waals surface area contributed by atoms with Gasteiger partial charge in [0.05, 0.1) is 26.4 Å². The Morgan fingerprint density at radius 3 is 0.847 bits per heavy atom. The highest BCUT2D eigenvalue weighted by molar-refractivity contribution is 7.47. The van der Waals surface area contributed by atoms with Crippen molar-refractivity contribution in [2.24, 2.45) is 0 Å². The quantitative estimate of drug-likeness (QED) is 0.0169. The lowest BCUT2D eigenvalue weighted by Crippen LogP contribution is -2.30. The van der Waals surface area contributed by atoms with Crippen LogP contribution in [0.4, 0.5) is 0 Å². The monoisotopic (exact) mass is 1420 g/mol. The third-order valence-electron chi connectivity index (χ3n) is 16.7. The number of ether oxygens (including phenoxy) is 4. The Morgan fingerprint density at radius 1 is 0.296 bits per heavy atom. The summed E-state index contributed by atoms with van der Waals surface area (Å²) in [6, 6.07) is 0. The Morgan fingerprint density at radius 2 is 0.531 bits per heavy atom. The first-order chi connectivity index (χ1) is 47.7. The molecule has 0 fully saturated rings. The molecule has 98 heavy (non-hydrogen) atoms. The summed E-state index contributed by atoms with van der Waals surface area (Å²) < 4.78 is 68.5. The molecule has 0 aromatic carbocycles. The van der Waals surface area contributed by atoms with Gasteiger partial charge in [0.15, 0.2) is 12.2 Å². The minimum absolute atomic E-state index is 0.0895. The van der Waals surface area contributed by atoms with E-state index in [2.05, 4.69) is 101 Å². The van der Waals surface area contributed by atoms with Gasteiger partial charge in [0.2, 0.25) is 0 Å². The van der Waals surface area contributed by atoms with Crippen LogP contribution in [0.25, 0.3) is 0 Å². The van der Waals surface area contributed by atoms with Gasteiger partial charge >= 0.3 is 39.5 Å². The Balaban J connectivity index is 5.30. The molecule has 0 radical (unpaired) electrons. The zero-order chi connectivity index (χ0) is 71.8. The first kappa shape index (κ1) is 94.5. The molecule has 17 nitrogen and oxygen atoms in total. The largest absolute Gasteiger partial charge is 0.472 e. The van der Waals surface area contributed by atoms with Crippen LogP contribution in [0.1, 0.15) is 349 Å². The number of aliphatic hydroxyl groups is 1. The minimum Gasteiger partial charge on any atom is -0.462 e. The average Bonchev–Trinajstić information content (AvgIpc) is 1.00. The number of esters is 4. The molecule has 0 aliphatic heterocycles. The Labute approximate surface area is 596 Å². The summed E-state index contributed by atoms with van der Waals surface area (Å²) in [6.07, 6.45) is 71.8. The van der Waals surface area contributed by atoms with Crippen LogP contribution in [-0.4, -0.2) is 96.7 Å². The highest BCUT2D eigenvalue weighted by Gasteiger charge is 2.30. The summed E-state index contributed by atoms with van der Waals surface area (Å²) in [5.41, 5.74) is 0. The predicted octanol–water partition coefficient (Wildman–Crippen LogP) is 22.4. The van der Waals surface area contributed by atoms with E-state index in [-0.39, 0.29) is 25.7 Å². The maximum Gasteiger partial charge on any atom is 0.472 e. The molecule has 0 rings (SSSR count). The van der Waals surface area contributed by atoms with Gasteiger partial charge in [-0.2, -0.15) is 0 Å². The number of hydrogen-bond donors (Lipinski definition) is 3. The van der Waals surface area contributed by atoms with Crippen LogP contribution < -0.4 is 0 Å². The summed E-state index contributed by atoms with van der Waals surface area (Å²) in [5.74, 6) is -2.19. The predicted molar refractivity (Wildman–Crippen MR) is 400 cm³/mol. The van der Waals surface area contributed by atoms with E-state index in [1.807, 2.05) is 0 Å². The van der Waals surface area contributed by atoms with E-state index in [1.165, 1.54) is 135 Å². The van der Waals surface area contributed by atoms with Crippen molar-refractivity contribution in [3.63, 3.8) is 0 Å². The van der Waals surface area contributed by atoms with Gasteiger partial charge in [0.25, 0.3) is 0 Å². The van der Waals surface area contributed by atoms with Gasteiger partial charge in [0.1, 0.15) is 19.3 Å². The number of carbonyl (C=O) groups excluding carboxylic acids is 4. The first-order valence-corrected chi connectivity index (χ1v) is 42.2. The van der Waals surface area contributed by atoms with Gasteiger partial charge in [0, 0.05) is 25.7 Å². The van der Waals surface area contributed by atoms with Crippen molar-refractivity contribution in [3.8, 4) is 0 Å². The number of phosphoric ester groups is 2. The lowest BCUT2D eigenvalue weighted by Gasteiger charge is -2.21. The number of aliphatic hydroxyl groups excluding tert-OH is 1. The molecule has 0 aromatic rings. The van der Waals surface area contributed by atoms with Crippen LogP contribution in [0.5, 0.6) is 0 Å². The summed E-state index contributed by atoms with van der Waals surface area (Å²) in [5, 5.41) is 10.6. The summed E-state index contributed by atoms with van der Waals surface area (Å²) in [4.78, 5) is 72.8. The van der Waals surface area contributed by atoms with Crippen LogP contribution in [-0.2, 0) is 65.4 Å². The summed E-state index contributed by atoms with van der Waals surface area (Å²) >= 11 is 0. The van der Waals surface area contributed by atoms with Crippen molar-refractivity contribution in [2.45, 2.75) is 367 Å². The zero-order valence-electron chi connectivity index (χ0n) is 62.2. The first-order valence-electron chi connectivity index (χ1n) is 39.2. The average molecular weight is 1430 g/mol. The van der Waals surface area contributed by atoms with Gasteiger partial charge in [-0.15, -0.1) is 0 Å². The third kappa shape index (κ3) is 70.9. The van der Waals surface area contributed by atoms with E-state index >= 15 is 0 Å². The van der Waals surface area contributed by atoms with Crippen LogP contribution in [0.2, 0.25) is 0 Å². The standard InChI is InChI=1S/C79H142O17P2/c1-5-9-13-17-21-25-29-32-34-35-36-37-39-42-45-48-52-56-60-64-77(82)89-69-74(95-78(83)65-61-57-53-49-43-28-24-20-16-12-8-4)71-93-97(85,86)91-67-73(80)68-92-98(87,88)94-72-75(96-79(84)66-62-58-54-50-46-40-31-27-23-19-15-11-7-3)70-90-76(81)63-59-55-51-47-44-41-38-33-30-26-22-18-14-10-6-2/h9,13,21,25,27,31-32,34,36-37,42,45,73-75,80H,5-8,10-12,14-20,22-24,26,28-30,33,35,38-41,43-44,46-72H2,1-4H3,(H,85,86)(H,87,88)/b13-9-,25-21-,31-27-,34-32-,37-36-,45-42-. The lowest BCUT2D eigenvalue weighted by atomic mass is 10.0. The molecule has 0 aliphatic carbocycles. The van der Waals surface area contributed by atoms with Crippen molar-refractivity contribution in [1.29, 1.82) is 0 Å². The number of phosphoric acid groups is 2. The maximum absolute atomic E-state index is 13.1. The Bertz CT molecular complexity index is 2140. The number of carbonyl (C=O) groups is 4. The second-order valence-corrected chi connectivity index (χ2v) is 29.2. The Hall–Kier alpha value is -3.50. The fourth-order valence-corrected chi connectivity index (χ4v) is 12.3. The molecular formula is C79H142O17P2. The molecule has 0 heterocycles. The molecule has 19 heteroatoms. The molecule has 0 bridgehead atoms. The van der Waals surface area contributed by atoms with E-state index < -0.39 is 97.5 Å². The smallest absolute Gasteiger partial charge is 0.462 e. The molecule has 0 amide bonds. The Kier molecular flexibility index (Phi) is 69.3. The highest BCUT2D eigenvalue weighted by atomic mass is 31.2. The molecule has 3 N–H and O–H groups in total. The van der Waals surface area contributed by atoms with Crippen LogP contribution in [0, 0.1) is 0 Å². The molecule has 570 valence electrons. The lowest BCUT2D eigenvalue weighted by molar-refractivity contribution is -0.161. The van der Waals surface area contributed by atoms with E-state index in [0.29, 0.717) is 25.7 Å². The van der Waals surface area contributed by atoms with Crippen molar-refractivity contribution in [3.05, 3.63) is 72.9 Å². The van der Waals surface area contributed by atoms with Crippen molar-refractivity contribution >= 4 is 39.5 Å². The van der Waals surface area contributed by atoms with E-state index in [1.54, 1.807) is 0 Å². The fraction of sp³-hybridized carbons (Fsp3) is 0.797. The fourth-order valence-electron chi connectivity index (χ4n) is 10.7. The molecule has 0 spiro atoms. The van der Waals surface area contributed by atoms with E-state index in [9.17, 15) is 43.2 Å². The molecule has 0 aliphatic rings. The van der Waals surface area contributed by atoms with Crippen LogP contribution in [0.3, 0.4) is 0 Å².